The third-order valence-corrected chi connectivity index (χ3v) is 3.28. The number of nitrogens with zero attached hydrogens (tertiary/aromatic N) is 3. The highest BCUT2D eigenvalue weighted by atomic mass is 32.1. The molecular formula is C11H7N3O2S. The molecule has 6 heteroatoms. The third kappa shape index (κ3) is 1.50. The summed E-state index contributed by atoms with van der Waals surface area (Å²) in [6, 6.07) is 5.11. The summed E-state index contributed by atoms with van der Waals surface area (Å²) in [4.78, 5) is 12.7. The number of ketones is 1. The molecule has 0 bridgehead atoms. The van der Waals surface area contributed by atoms with Gasteiger partial charge in [0.05, 0.1) is 17.3 Å². The lowest BCUT2D eigenvalue weighted by Gasteiger charge is -2.01. The number of carbonyl (C=O) groups excluding carboxylic acids is 1. The Bertz CT molecular complexity index is 688. The fourth-order valence-electron chi connectivity index (χ4n) is 1.65. The Morgan fingerprint density at radius 3 is 3.12 bits per heavy atom. The van der Waals surface area contributed by atoms with E-state index in [0.717, 1.165) is 0 Å². The second kappa shape index (κ2) is 3.67. The van der Waals surface area contributed by atoms with Gasteiger partial charge in [-0.3, -0.25) is 4.79 Å². The monoisotopic (exact) mass is 245 g/mol. The van der Waals surface area contributed by atoms with E-state index in [9.17, 15) is 10.0 Å². The smallest absolute Gasteiger partial charge is 0.323 e. The number of rotatable bonds is 2. The Kier molecular flexibility index (Phi) is 2.15. The minimum Gasteiger partial charge on any atom is -0.711 e. The third-order valence-electron chi connectivity index (χ3n) is 2.42. The molecular weight excluding hydrogens is 238 g/mol. The van der Waals surface area contributed by atoms with E-state index in [-0.39, 0.29) is 11.4 Å². The lowest BCUT2D eigenvalue weighted by atomic mass is 10.2. The van der Waals surface area contributed by atoms with Crippen molar-refractivity contribution >= 4 is 22.8 Å². The van der Waals surface area contributed by atoms with Gasteiger partial charge in [-0.25, -0.2) is 4.73 Å². The van der Waals surface area contributed by atoms with Crippen LogP contribution in [0.5, 0.6) is 0 Å². The highest BCUT2D eigenvalue weighted by Crippen LogP contribution is 2.16. The number of hydrogen-bond donors (Lipinski definition) is 0. The molecule has 3 heterocycles. The Hall–Kier alpha value is -2.21. The number of thiophene rings is 1. The Labute approximate surface area is 100 Å². The zero-order valence-corrected chi connectivity index (χ0v) is 9.42. The molecule has 0 fully saturated rings. The van der Waals surface area contributed by atoms with Gasteiger partial charge in [0.1, 0.15) is 11.8 Å². The van der Waals surface area contributed by atoms with Crippen LogP contribution in [0.4, 0.5) is 0 Å². The van der Waals surface area contributed by atoms with Crippen LogP contribution in [0.1, 0.15) is 15.2 Å². The van der Waals surface area contributed by atoms with Crippen molar-refractivity contribution in [1.82, 2.24) is 9.61 Å². The van der Waals surface area contributed by atoms with Gasteiger partial charge in [-0.2, -0.15) is 0 Å². The van der Waals surface area contributed by atoms with Crippen molar-refractivity contribution in [2.75, 3.05) is 0 Å². The predicted molar refractivity (Wildman–Crippen MR) is 61.9 cm³/mol. The van der Waals surface area contributed by atoms with Crippen LogP contribution in [0.3, 0.4) is 0 Å². The van der Waals surface area contributed by atoms with Crippen molar-refractivity contribution in [3.05, 3.63) is 57.8 Å². The lowest BCUT2D eigenvalue weighted by molar-refractivity contribution is -0.581. The van der Waals surface area contributed by atoms with Gasteiger partial charge < -0.3 is 5.21 Å². The summed E-state index contributed by atoms with van der Waals surface area (Å²) in [7, 11) is 0. The lowest BCUT2D eigenvalue weighted by Crippen LogP contribution is -2.29. The Morgan fingerprint density at radius 2 is 2.35 bits per heavy atom. The van der Waals surface area contributed by atoms with Gasteiger partial charge in [0, 0.05) is 6.07 Å². The molecule has 3 aromatic rings. The van der Waals surface area contributed by atoms with Gasteiger partial charge in [-0.1, -0.05) is 11.2 Å². The largest absolute Gasteiger partial charge is 0.711 e. The molecule has 0 unspecified atom stereocenters. The molecule has 0 aliphatic carbocycles. The SMILES string of the molecule is O=C(c1cccs1)c1cnn2ccc[n+]([O-])c12. The van der Waals surface area contributed by atoms with Crippen LogP contribution >= 0.6 is 11.3 Å². The van der Waals surface area contributed by atoms with Gasteiger partial charge >= 0.3 is 5.65 Å². The summed E-state index contributed by atoms with van der Waals surface area (Å²) in [6.45, 7) is 0. The van der Waals surface area contributed by atoms with Crippen LogP contribution in [-0.2, 0) is 0 Å². The average Bonchev–Trinajstić information content (AvgIpc) is 2.98. The highest BCUT2D eigenvalue weighted by Gasteiger charge is 2.21. The summed E-state index contributed by atoms with van der Waals surface area (Å²) in [6.07, 6.45) is 4.41. The Morgan fingerprint density at radius 1 is 1.47 bits per heavy atom. The summed E-state index contributed by atoms with van der Waals surface area (Å²) in [5.41, 5.74) is 0.578. The minimum atomic E-state index is -0.175. The van der Waals surface area contributed by atoms with E-state index in [1.807, 2.05) is 5.38 Å². The maximum atomic E-state index is 12.1. The molecule has 0 spiro atoms. The van der Waals surface area contributed by atoms with E-state index in [1.54, 1.807) is 24.4 Å². The molecule has 0 saturated carbocycles. The van der Waals surface area contributed by atoms with E-state index in [0.29, 0.717) is 15.2 Å². The van der Waals surface area contributed by atoms with Crippen molar-refractivity contribution in [2.24, 2.45) is 0 Å². The summed E-state index contributed by atoms with van der Waals surface area (Å²) >= 11 is 1.35. The molecule has 0 N–H and O–H groups in total. The summed E-state index contributed by atoms with van der Waals surface area (Å²) in [5.74, 6) is -0.175. The molecule has 0 aliphatic heterocycles. The number of aromatic nitrogens is 3. The van der Waals surface area contributed by atoms with Gasteiger partial charge in [-0.15, -0.1) is 15.9 Å². The fourth-order valence-corrected chi connectivity index (χ4v) is 2.33. The van der Waals surface area contributed by atoms with Crippen molar-refractivity contribution in [3.8, 4) is 0 Å². The molecule has 0 amide bonds. The first kappa shape index (κ1) is 9.98. The molecule has 0 aliphatic rings. The van der Waals surface area contributed by atoms with Crippen LogP contribution in [-0.4, -0.2) is 15.4 Å². The quantitative estimate of drug-likeness (QED) is 0.388. The summed E-state index contributed by atoms with van der Waals surface area (Å²) < 4.78 is 2.04. The fraction of sp³-hybridized carbons (Fsp3) is 0. The Balaban J connectivity index is 2.22. The van der Waals surface area contributed by atoms with E-state index in [1.165, 1.54) is 28.2 Å². The molecule has 3 rings (SSSR count). The topological polar surface area (TPSA) is 61.3 Å². The molecule has 84 valence electrons. The molecule has 0 atom stereocenters. The van der Waals surface area contributed by atoms with E-state index < -0.39 is 0 Å². The van der Waals surface area contributed by atoms with Crippen LogP contribution in [0, 0.1) is 5.21 Å². The zero-order valence-electron chi connectivity index (χ0n) is 8.61. The van der Waals surface area contributed by atoms with Gasteiger partial charge in [-0.05, 0) is 11.4 Å². The molecule has 0 radical (unpaired) electrons. The van der Waals surface area contributed by atoms with Crippen molar-refractivity contribution < 1.29 is 9.52 Å². The van der Waals surface area contributed by atoms with E-state index in [2.05, 4.69) is 5.10 Å². The van der Waals surface area contributed by atoms with Gasteiger partial charge in [0.15, 0.2) is 0 Å². The highest BCUT2D eigenvalue weighted by molar-refractivity contribution is 7.12. The second-order valence-electron chi connectivity index (χ2n) is 3.45. The standard InChI is InChI=1S/C11H7N3O2S/c15-10(9-3-1-6-17-9)8-7-12-13-4-2-5-14(16)11(8)13/h1-7H. The van der Waals surface area contributed by atoms with Crippen LogP contribution < -0.4 is 4.73 Å². The molecule has 3 aromatic heterocycles. The summed E-state index contributed by atoms with van der Waals surface area (Å²) in [5, 5.41) is 17.5. The average molecular weight is 245 g/mol. The van der Waals surface area contributed by atoms with Crippen molar-refractivity contribution in [3.63, 3.8) is 0 Å². The van der Waals surface area contributed by atoms with Crippen LogP contribution in [0.2, 0.25) is 0 Å². The van der Waals surface area contributed by atoms with Crippen LogP contribution in [0.25, 0.3) is 5.65 Å². The first-order chi connectivity index (χ1) is 8.27. The van der Waals surface area contributed by atoms with Crippen molar-refractivity contribution in [2.45, 2.75) is 0 Å². The van der Waals surface area contributed by atoms with Crippen LogP contribution in [0.15, 0.2) is 42.2 Å². The molecule has 5 nitrogen and oxygen atoms in total. The molecule has 0 aromatic carbocycles. The minimum absolute atomic E-state index is 0.175. The number of fused-ring (bicyclic) bond motifs is 1. The van der Waals surface area contributed by atoms with Crippen molar-refractivity contribution in [1.29, 1.82) is 0 Å². The molecule has 17 heavy (non-hydrogen) atoms. The normalized spacial score (nSPS) is 10.8. The van der Waals surface area contributed by atoms with E-state index >= 15 is 0 Å². The number of carbonyl (C=O) groups is 1. The van der Waals surface area contributed by atoms with Gasteiger partial charge in [0.25, 0.3) is 0 Å². The number of hydrogen-bond acceptors (Lipinski definition) is 4. The first-order valence-corrected chi connectivity index (χ1v) is 5.79. The second-order valence-corrected chi connectivity index (χ2v) is 4.40. The maximum absolute atomic E-state index is 12.1. The zero-order chi connectivity index (χ0) is 11.8. The first-order valence-electron chi connectivity index (χ1n) is 4.91. The maximum Gasteiger partial charge on any atom is 0.323 e. The molecule has 0 saturated heterocycles. The predicted octanol–water partition coefficient (Wildman–Crippen LogP) is 1.26. The van der Waals surface area contributed by atoms with E-state index in [4.69, 9.17) is 0 Å². The van der Waals surface area contributed by atoms with Gasteiger partial charge in [0.2, 0.25) is 5.78 Å².